The first kappa shape index (κ1) is 20.1. The van der Waals surface area contributed by atoms with E-state index in [0.717, 1.165) is 31.2 Å². The number of amides is 1. The topological polar surface area (TPSA) is 73.9 Å². The second kappa shape index (κ2) is 8.43. The van der Waals surface area contributed by atoms with Crippen molar-refractivity contribution in [3.8, 4) is 5.75 Å². The van der Waals surface area contributed by atoms with Crippen molar-refractivity contribution in [3.05, 3.63) is 29.3 Å². The highest BCUT2D eigenvalue weighted by molar-refractivity contribution is 5.92. The highest BCUT2D eigenvalue weighted by Crippen LogP contribution is 2.28. The zero-order chi connectivity index (χ0) is 19.3. The van der Waals surface area contributed by atoms with E-state index in [-0.39, 0.29) is 18.2 Å². The van der Waals surface area contributed by atoms with Gasteiger partial charge in [0.2, 0.25) is 0 Å². The van der Waals surface area contributed by atoms with Crippen LogP contribution < -0.4 is 10.1 Å². The lowest BCUT2D eigenvalue weighted by Crippen LogP contribution is -2.42. The summed E-state index contributed by atoms with van der Waals surface area (Å²) in [6, 6.07) is 5.53. The molecule has 0 aliphatic heterocycles. The Balaban J connectivity index is 1.90. The number of hydrogen-bond acceptors (Lipinski definition) is 5. The molecule has 1 amide bonds. The van der Waals surface area contributed by atoms with Crippen LogP contribution in [0.15, 0.2) is 18.2 Å². The Morgan fingerprint density at radius 2 is 1.77 bits per heavy atom. The van der Waals surface area contributed by atoms with Crippen molar-refractivity contribution in [2.75, 3.05) is 7.11 Å². The van der Waals surface area contributed by atoms with Gasteiger partial charge in [-0.25, -0.2) is 9.59 Å². The van der Waals surface area contributed by atoms with Gasteiger partial charge in [0, 0.05) is 6.04 Å². The summed E-state index contributed by atoms with van der Waals surface area (Å²) >= 11 is 0. The molecule has 0 spiro atoms. The van der Waals surface area contributed by atoms with Crippen molar-refractivity contribution in [2.45, 2.75) is 71.1 Å². The summed E-state index contributed by atoms with van der Waals surface area (Å²) in [7, 11) is 1.36. The highest BCUT2D eigenvalue weighted by Gasteiger charge is 2.26. The third-order valence-corrected chi connectivity index (χ3v) is 4.23. The van der Waals surface area contributed by atoms with Gasteiger partial charge in [-0.3, -0.25) is 0 Å². The molecule has 0 saturated heterocycles. The van der Waals surface area contributed by atoms with Gasteiger partial charge < -0.3 is 19.5 Å². The fourth-order valence-electron chi connectivity index (χ4n) is 2.98. The summed E-state index contributed by atoms with van der Waals surface area (Å²) in [6.45, 7) is 7.49. The maximum atomic E-state index is 11.9. The number of ether oxygens (including phenoxy) is 3. The van der Waals surface area contributed by atoms with Gasteiger partial charge in [0.25, 0.3) is 0 Å². The standard InChI is InChI=1S/C20H29NO5/c1-13-6-11-16(18(22)24-5)17(12-13)25-15-9-7-14(8-10-15)21-19(23)26-20(2,3)4/h6,11-12,14-15H,7-10H2,1-5H3,(H,21,23). The van der Waals surface area contributed by atoms with Gasteiger partial charge in [0.1, 0.15) is 16.9 Å². The number of carbonyl (C=O) groups excluding carboxylic acids is 2. The molecule has 6 heteroatoms. The van der Waals surface area contributed by atoms with Crippen LogP contribution in [0.2, 0.25) is 0 Å². The van der Waals surface area contributed by atoms with Crippen LogP contribution in [0.3, 0.4) is 0 Å². The van der Waals surface area contributed by atoms with Gasteiger partial charge in [0.05, 0.1) is 13.2 Å². The molecule has 1 aromatic rings. The molecular formula is C20H29NO5. The molecule has 1 aliphatic rings. The molecule has 0 aromatic heterocycles. The smallest absolute Gasteiger partial charge is 0.407 e. The van der Waals surface area contributed by atoms with Crippen molar-refractivity contribution in [2.24, 2.45) is 0 Å². The molecule has 0 heterocycles. The molecule has 2 rings (SSSR count). The van der Waals surface area contributed by atoms with Crippen LogP contribution in [0.5, 0.6) is 5.75 Å². The van der Waals surface area contributed by atoms with E-state index in [1.165, 1.54) is 7.11 Å². The molecule has 6 nitrogen and oxygen atoms in total. The third kappa shape index (κ3) is 5.93. The fourth-order valence-corrected chi connectivity index (χ4v) is 2.98. The molecule has 0 unspecified atom stereocenters. The van der Waals surface area contributed by atoms with Crippen molar-refractivity contribution >= 4 is 12.1 Å². The summed E-state index contributed by atoms with van der Waals surface area (Å²) in [5, 5.41) is 2.92. The van der Waals surface area contributed by atoms with Crippen LogP contribution in [0.1, 0.15) is 62.4 Å². The van der Waals surface area contributed by atoms with Crippen molar-refractivity contribution in [1.82, 2.24) is 5.32 Å². The Kier molecular flexibility index (Phi) is 6.51. The van der Waals surface area contributed by atoms with Crippen LogP contribution >= 0.6 is 0 Å². The summed E-state index contributed by atoms with van der Waals surface area (Å²) in [5.74, 6) is 0.153. The molecule has 0 bridgehead atoms. The first-order chi connectivity index (χ1) is 12.2. The van der Waals surface area contributed by atoms with Gasteiger partial charge in [-0.05, 0) is 71.1 Å². The lowest BCUT2D eigenvalue weighted by molar-refractivity contribution is 0.0465. The monoisotopic (exact) mass is 363 g/mol. The number of hydrogen-bond donors (Lipinski definition) is 1. The molecule has 144 valence electrons. The van der Waals surface area contributed by atoms with Gasteiger partial charge in [-0.2, -0.15) is 0 Å². The Hall–Kier alpha value is -2.24. The van der Waals surface area contributed by atoms with E-state index in [0.29, 0.717) is 11.3 Å². The van der Waals surface area contributed by atoms with E-state index in [1.54, 1.807) is 6.07 Å². The van der Waals surface area contributed by atoms with Crippen LogP contribution in [-0.4, -0.2) is 36.9 Å². The number of carbonyl (C=O) groups is 2. The van der Waals surface area contributed by atoms with Crippen molar-refractivity contribution < 1.29 is 23.8 Å². The average Bonchev–Trinajstić information content (AvgIpc) is 2.54. The van der Waals surface area contributed by atoms with E-state index >= 15 is 0 Å². The minimum absolute atomic E-state index is 0.0110. The van der Waals surface area contributed by atoms with Gasteiger partial charge >= 0.3 is 12.1 Å². The normalized spacial score (nSPS) is 20.2. The van der Waals surface area contributed by atoms with E-state index in [9.17, 15) is 9.59 Å². The minimum Gasteiger partial charge on any atom is -0.490 e. The highest BCUT2D eigenvalue weighted by atomic mass is 16.6. The lowest BCUT2D eigenvalue weighted by atomic mass is 9.93. The first-order valence-corrected chi connectivity index (χ1v) is 9.03. The number of esters is 1. The minimum atomic E-state index is -0.500. The van der Waals surface area contributed by atoms with Gasteiger partial charge in [-0.1, -0.05) is 6.07 Å². The second-order valence-corrected chi connectivity index (χ2v) is 7.73. The largest absolute Gasteiger partial charge is 0.490 e. The number of methoxy groups -OCH3 is 1. The molecular weight excluding hydrogens is 334 g/mol. The molecule has 1 aromatic carbocycles. The molecule has 1 aliphatic carbocycles. The Labute approximate surface area is 155 Å². The quantitative estimate of drug-likeness (QED) is 0.819. The Bertz CT molecular complexity index is 642. The number of benzene rings is 1. The van der Waals surface area contributed by atoms with Gasteiger partial charge in [-0.15, -0.1) is 0 Å². The molecule has 1 saturated carbocycles. The second-order valence-electron chi connectivity index (χ2n) is 7.73. The van der Waals surface area contributed by atoms with Crippen molar-refractivity contribution in [3.63, 3.8) is 0 Å². The van der Waals surface area contributed by atoms with Gasteiger partial charge in [0.15, 0.2) is 0 Å². The van der Waals surface area contributed by atoms with Crippen LogP contribution in [-0.2, 0) is 9.47 Å². The van der Waals surface area contributed by atoms with Crippen LogP contribution in [0.4, 0.5) is 4.79 Å². The summed E-state index contributed by atoms with van der Waals surface area (Å²) < 4.78 is 16.2. The number of nitrogens with one attached hydrogen (secondary N) is 1. The number of alkyl carbamates (subject to hydrolysis) is 1. The predicted molar refractivity (Wildman–Crippen MR) is 98.6 cm³/mol. The van der Waals surface area contributed by atoms with Crippen LogP contribution in [0, 0.1) is 6.92 Å². The van der Waals surface area contributed by atoms with Crippen molar-refractivity contribution in [1.29, 1.82) is 0 Å². The van der Waals surface area contributed by atoms with E-state index in [4.69, 9.17) is 14.2 Å². The van der Waals surface area contributed by atoms with Crippen LogP contribution in [0.25, 0.3) is 0 Å². The zero-order valence-corrected chi connectivity index (χ0v) is 16.3. The summed E-state index contributed by atoms with van der Waals surface area (Å²) in [4.78, 5) is 23.8. The molecule has 0 radical (unpaired) electrons. The summed E-state index contributed by atoms with van der Waals surface area (Å²) in [6.07, 6.45) is 2.85. The SMILES string of the molecule is COC(=O)c1ccc(C)cc1OC1CCC(NC(=O)OC(C)(C)C)CC1. The lowest BCUT2D eigenvalue weighted by Gasteiger charge is -2.30. The van der Waals surface area contributed by atoms with E-state index < -0.39 is 11.6 Å². The molecule has 1 fully saturated rings. The maximum absolute atomic E-state index is 11.9. The Morgan fingerprint density at radius 1 is 1.12 bits per heavy atom. The number of rotatable bonds is 4. The predicted octanol–water partition coefficient (Wildman–Crippen LogP) is 4.00. The zero-order valence-electron chi connectivity index (χ0n) is 16.3. The van der Waals surface area contributed by atoms with E-state index in [2.05, 4.69) is 5.32 Å². The first-order valence-electron chi connectivity index (χ1n) is 9.03. The summed E-state index contributed by atoms with van der Waals surface area (Å²) in [5.41, 5.74) is 0.958. The average molecular weight is 363 g/mol. The Morgan fingerprint density at radius 3 is 2.35 bits per heavy atom. The van der Waals surface area contributed by atoms with E-state index in [1.807, 2.05) is 39.8 Å². The third-order valence-electron chi connectivity index (χ3n) is 4.23. The maximum Gasteiger partial charge on any atom is 0.407 e. The molecule has 1 N–H and O–H groups in total. The molecule has 26 heavy (non-hydrogen) atoms. The number of aryl methyl sites for hydroxylation is 1. The fraction of sp³-hybridized carbons (Fsp3) is 0.600. The molecule has 0 atom stereocenters.